The summed E-state index contributed by atoms with van der Waals surface area (Å²) < 4.78 is 5.17. The second kappa shape index (κ2) is 5.86. The Morgan fingerprint density at radius 1 is 1.25 bits per heavy atom. The van der Waals surface area contributed by atoms with Crippen molar-refractivity contribution in [3.63, 3.8) is 0 Å². The molecule has 0 saturated carbocycles. The Kier molecular flexibility index (Phi) is 4.17. The third-order valence-corrected chi connectivity index (χ3v) is 2.56. The van der Waals surface area contributed by atoms with Crippen molar-refractivity contribution < 1.29 is 9.53 Å². The van der Waals surface area contributed by atoms with E-state index in [0.29, 0.717) is 13.0 Å². The number of fused-ring (bicyclic) bond motifs is 1. The summed E-state index contributed by atoms with van der Waals surface area (Å²) in [4.78, 5) is 20.2. The van der Waals surface area contributed by atoms with Crippen LogP contribution in [0.5, 0.6) is 0 Å². The van der Waals surface area contributed by atoms with Crippen LogP contribution in [0.25, 0.3) is 11.0 Å². The van der Waals surface area contributed by atoms with E-state index in [9.17, 15) is 4.79 Å². The van der Waals surface area contributed by atoms with Crippen LogP contribution in [-0.2, 0) is 11.2 Å². The van der Waals surface area contributed by atoms with Crippen LogP contribution in [0.1, 0.15) is 26.5 Å². The Balaban J connectivity index is 1.88. The number of ether oxygens (including phenoxy) is 1. The number of carbonyl (C=O) groups is 1. The van der Waals surface area contributed by atoms with Gasteiger partial charge in [0.1, 0.15) is 5.60 Å². The maximum atomic E-state index is 11.5. The highest BCUT2D eigenvalue weighted by Gasteiger charge is 2.15. The first-order valence-corrected chi connectivity index (χ1v) is 6.61. The summed E-state index contributed by atoms with van der Waals surface area (Å²) in [6, 6.07) is 7.64. The SMILES string of the molecule is CC(C)(C)OC(=O)NCCc1ccc2ncccc2n1. The molecule has 0 aliphatic rings. The summed E-state index contributed by atoms with van der Waals surface area (Å²) in [5.41, 5.74) is 2.18. The van der Waals surface area contributed by atoms with E-state index in [1.54, 1.807) is 6.20 Å². The molecule has 0 bridgehead atoms. The fourth-order valence-corrected chi connectivity index (χ4v) is 1.75. The van der Waals surface area contributed by atoms with Crippen LogP contribution in [0.3, 0.4) is 0 Å². The van der Waals surface area contributed by atoms with Crippen LogP contribution in [0, 0.1) is 0 Å². The molecule has 5 nitrogen and oxygen atoms in total. The first kappa shape index (κ1) is 14.2. The molecule has 1 amide bonds. The summed E-state index contributed by atoms with van der Waals surface area (Å²) >= 11 is 0. The predicted octanol–water partition coefficient (Wildman–Crippen LogP) is 2.70. The van der Waals surface area contributed by atoms with E-state index < -0.39 is 11.7 Å². The van der Waals surface area contributed by atoms with Crippen molar-refractivity contribution in [1.29, 1.82) is 0 Å². The molecule has 2 aromatic heterocycles. The van der Waals surface area contributed by atoms with E-state index in [0.717, 1.165) is 16.7 Å². The van der Waals surface area contributed by atoms with Crippen molar-refractivity contribution in [2.75, 3.05) is 6.54 Å². The largest absolute Gasteiger partial charge is 0.444 e. The Bertz CT molecular complexity index is 605. The van der Waals surface area contributed by atoms with E-state index in [4.69, 9.17) is 4.74 Å². The molecule has 0 fully saturated rings. The average molecular weight is 273 g/mol. The lowest BCUT2D eigenvalue weighted by molar-refractivity contribution is 0.0528. The lowest BCUT2D eigenvalue weighted by Crippen LogP contribution is -2.33. The van der Waals surface area contributed by atoms with E-state index in [1.807, 2.05) is 45.0 Å². The standard InChI is InChI=1S/C15H19N3O2/c1-15(2,3)20-14(19)17-10-8-11-6-7-12-13(18-11)5-4-9-16-12/h4-7,9H,8,10H2,1-3H3,(H,17,19). The lowest BCUT2D eigenvalue weighted by atomic mass is 10.2. The van der Waals surface area contributed by atoms with Crippen LogP contribution in [0.2, 0.25) is 0 Å². The monoisotopic (exact) mass is 273 g/mol. The van der Waals surface area contributed by atoms with Gasteiger partial charge in [-0.15, -0.1) is 0 Å². The molecule has 2 rings (SSSR count). The molecular formula is C15H19N3O2. The van der Waals surface area contributed by atoms with Gasteiger partial charge in [-0.3, -0.25) is 9.97 Å². The van der Waals surface area contributed by atoms with E-state index in [1.165, 1.54) is 0 Å². The minimum atomic E-state index is -0.475. The first-order chi connectivity index (χ1) is 9.44. The molecule has 106 valence electrons. The van der Waals surface area contributed by atoms with E-state index in [-0.39, 0.29) is 0 Å². The number of alkyl carbamates (subject to hydrolysis) is 1. The second-order valence-corrected chi connectivity index (χ2v) is 5.52. The van der Waals surface area contributed by atoms with Crippen LogP contribution in [-0.4, -0.2) is 28.2 Å². The van der Waals surface area contributed by atoms with Crippen LogP contribution in [0.15, 0.2) is 30.5 Å². The van der Waals surface area contributed by atoms with Crippen molar-refractivity contribution >= 4 is 17.1 Å². The number of carbonyl (C=O) groups excluding carboxylic acids is 1. The molecule has 20 heavy (non-hydrogen) atoms. The highest BCUT2D eigenvalue weighted by molar-refractivity contribution is 5.73. The van der Waals surface area contributed by atoms with Gasteiger partial charge in [0.2, 0.25) is 0 Å². The number of hydrogen-bond acceptors (Lipinski definition) is 4. The number of aromatic nitrogens is 2. The highest BCUT2D eigenvalue weighted by Crippen LogP contribution is 2.09. The maximum Gasteiger partial charge on any atom is 0.407 e. The third kappa shape index (κ3) is 4.19. The molecule has 2 heterocycles. The molecule has 0 unspecified atom stereocenters. The highest BCUT2D eigenvalue weighted by atomic mass is 16.6. The summed E-state index contributed by atoms with van der Waals surface area (Å²) in [7, 11) is 0. The Morgan fingerprint density at radius 3 is 2.80 bits per heavy atom. The molecular weight excluding hydrogens is 254 g/mol. The lowest BCUT2D eigenvalue weighted by Gasteiger charge is -2.19. The minimum Gasteiger partial charge on any atom is -0.444 e. The molecule has 0 aliphatic carbocycles. The second-order valence-electron chi connectivity index (χ2n) is 5.52. The van der Waals surface area contributed by atoms with Crippen molar-refractivity contribution in [2.24, 2.45) is 0 Å². The Labute approximate surface area is 118 Å². The maximum absolute atomic E-state index is 11.5. The van der Waals surface area contributed by atoms with E-state index in [2.05, 4.69) is 15.3 Å². The smallest absolute Gasteiger partial charge is 0.407 e. The summed E-state index contributed by atoms with van der Waals surface area (Å²) in [5, 5.41) is 2.72. The van der Waals surface area contributed by atoms with Gasteiger partial charge in [0, 0.05) is 24.9 Å². The van der Waals surface area contributed by atoms with Crippen molar-refractivity contribution in [1.82, 2.24) is 15.3 Å². The molecule has 2 aromatic rings. The predicted molar refractivity (Wildman–Crippen MR) is 77.5 cm³/mol. The summed E-state index contributed by atoms with van der Waals surface area (Å²) in [5.74, 6) is 0. The van der Waals surface area contributed by atoms with Crippen molar-refractivity contribution in [3.8, 4) is 0 Å². The Hall–Kier alpha value is -2.17. The Morgan fingerprint density at radius 2 is 2.05 bits per heavy atom. The minimum absolute atomic E-state index is 0.403. The van der Waals surface area contributed by atoms with Crippen LogP contribution < -0.4 is 5.32 Å². The van der Waals surface area contributed by atoms with Gasteiger partial charge in [0.15, 0.2) is 0 Å². The molecule has 1 N–H and O–H groups in total. The fraction of sp³-hybridized carbons (Fsp3) is 0.400. The van der Waals surface area contributed by atoms with Crippen LogP contribution >= 0.6 is 0 Å². The normalized spacial score (nSPS) is 11.3. The molecule has 0 atom stereocenters. The fourth-order valence-electron chi connectivity index (χ4n) is 1.75. The van der Waals surface area contributed by atoms with Gasteiger partial charge in [-0.25, -0.2) is 4.79 Å². The van der Waals surface area contributed by atoms with Gasteiger partial charge in [-0.2, -0.15) is 0 Å². The van der Waals surface area contributed by atoms with Gasteiger partial charge in [0.05, 0.1) is 11.0 Å². The van der Waals surface area contributed by atoms with Crippen molar-refractivity contribution in [2.45, 2.75) is 32.8 Å². The quantitative estimate of drug-likeness (QED) is 0.933. The van der Waals surface area contributed by atoms with E-state index >= 15 is 0 Å². The van der Waals surface area contributed by atoms with Gasteiger partial charge in [-0.1, -0.05) is 0 Å². The topological polar surface area (TPSA) is 64.1 Å². The van der Waals surface area contributed by atoms with Gasteiger partial charge < -0.3 is 10.1 Å². The zero-order valence-corrected chi connectivity index (χ0v) is 12.0. The van der Waals surface area contributed by atoms with Gasteiger partial charge in [0.25, 0.3) is 0 Å². The first-order valence-electron chi connectivity index (χ1n) is 6.61. The number of nitrogens with one attached hydrogen (secondary N) is 1. The number of nitrogens with zero attached hydrogens (tertiary/aromatic N) is 2. The van der Waals surface area contributed by atoms with Crippen LogP contribution in [0.4, 0.5) is 4.79 Å². The van der Waals surface area contributed by atoms with Gasteiger partial charge >= 0.3 is 6.09 Å². The average Bonchev–Trinajstić information content (AvgIpc) is 2.36. The van der Waals surface area contributed by atoms with Gasteiger partial charge in [-0.05, 0) is 45.0 Å². The summed E-state index contributed by atoms with van der Waals surface area (Å²) in [6.45, 7) is 6.01. The summed E-state index contributed by atoms with van der Waals surface area (Å²) in [6.07, 6.45) is 2.00. The number of rotatable bonds is 3. The molecule has 5 heteroatoms. The molecule has 0 aromatic carbocycles. The van der Waals surface area contributed by atoms with Crippen molar-refractivity contribution in [3.05, 3.63) is 36.2 Å². The zero-order chi connectivity index (χ0) is 14.6. The number of amides is 1. The molecule has 0 spiro atoms. The third-order valence-electron chi connectivity index (χ3n) is 2.56. The molecule has 0 radical (unpaired) electrons. The zero-order valence-electron chi connectivity index (χ0n) is 12.0. The number of hydrogen-bond donors (Lipinski definition) is 1. The molecule has 0 aliphatic heterocycles. The number of pyridine rings is 2. The molecule has 0 saturated heterocycles.